The van der Waals surface area contributed by atoms with Crippen molar-refractivity contribution in [1.82, 2.24) is 30.0 Å². The highest BCUT2D eigenvalue weighted by molar-refractivity contribution is 5.91. The average molecular weight is 376 g/mol. The Balaban J connectivity index is 1.83. The number of rotatable bonds is 4. The number of amides is 1. The van der Waals surface area contributed by atoms with Crippen molar-refractivity contribution in [2.24, 2.45) is 7.05 Å². The van der Waals surface area contributed by atoms with E-state index in [2.05, 4.69) is 35.3 Å². The maximum atomic E-state index is 13.3. The van der Waals surface area contributed by atoms with Crippen molar-refractivity contribution >= 4 is 16.8 Å². The van der Waals surface area contributed by atoms with E-state index in [-0.39, 0.29) is 11.9 Å². The van der Waals surface area contributed by atoms with Crippen LogP contribution in [0.5, 0.6) is 0 Å². The number of para-hydroxylation sites is 1. The molecule has 1 aliphatic heterocycles. The molecule has 3 heterocycles. The Morgan fingerprint density at radius 2 is 2.07 bits per heavy atom. The predicted molar refractivity (Wildman–Crippen MR) is 108 cm³/mol. The molecule has 1 atom stereocenters. The quantitative estimate of drug-likeness (QED) is 0.758. The van der Waals surface area contributed by atoms with Crippen LogP contribution in [0.25, 0.3) is 10.9 Å². The molecule has 3 aromatic rings. The molecule has 0 saturated heterocycles. The number of carbonyl (C=O) groups is 1. The summed E-state index contributed by atoms with van der Waals surface area (Å²) in [7, 11) is 1.74. The molecule has 7 nitrogen and oxygen atoms in total. The molecular formula is C21H24N6O. The summed E-state index contributed by atoms with van der Waals surface area (Å²) in [5.41, 5.74) is 4.07. The van der Waals surface area contributed by atoms with Crippen LogP contribution in [0, 0.1) is 0 Å². The standard InChI is InChI=1S/C21H24N6O/c1-4-22-18-14(2)11-12-27(21(28)20-23-13-24-26(20)3)19(18)17-10-9-15-7-5-6-8-16(15)25-17/h5-10,13,19,22H,4,11-12H2,1-3H3/t19-/m0/s1. The predicted octanol–water partition coefficient (Wildman–Crippen LogP) is 2.83. The molecule has 1 amide bonds. The molecule has 4 rings (SSSR count). The van der Waals surface area contributed by atoms with Gasteiger partial charge < -0.3 is 10.2 Å². The summed E-state index contributed by atoms with van der Waals surface area (Å²) in [6.45, 7) is 5.58. The molecule has 0 spiro atoms. The normalized spacial score (nSPS) is 17.2. The van der Waals surface area contributed by atoms with E-state index in [4.69, 9.17) is 4.98 Å². The summed E-state index contributed by atoms with van der Waals surface area (Å²) in [6.07, 6.45) is 2.22. The fourth-order valence-electron chi connectivity index (χ4n) is 3.76. The summed E-state index contributed by atoms with van der Waals surface area (Å²) in [4.78, 5) is 24.2. The largest absolute Gasteiger partial charge is 0.387 e. The number of nitrogens with zero attached hydrogens (tertiary/aromatic N) is 5. The van der Waals surface area contributed by atoms with Gasteiger partial charge in [0.05, 0.1) is 11.2 Å². The number of benzene rings is 1. The third-order valence-corrected chi connectivity index (χ3v) is 5.20. The van der Waals surface area contributed by atoms with E-state index in [9.17, 15) is 4.79 Å². The summed E-state index contributed by atoms with van der Waals surface area (Å²) in [6, 6.07) is 11.8. The molecule has 0 bridgehead atoms. The van der Waals surface area contributed by atoms with Gasteiger partial charge in [-0.15, -0.1) is 0 Å². The summed E-state index contributed by atoms with van der Waals surface area (Å²) in [5.74, 6) is 0.198. The second-order valence-electron chi connectivity index (χ2n) is 7.01. The first-order chi connectivity index (χ1) is 13.6. The Labute approximate surface area is 164 Å². The highest BCUT2D eigenvalue weighted by Crippen LogP contribution is 2.35. The number of hydrogen-bond acceptors (Lipinski definition) is 5. The number of nitrogens with one attached hydrogen (secondary N) is 1. The summed E-state index contributed by atoms with van der Waals surface area (Å²) < 4.78 is 1.52. The minimum absolute atomic E-state index is 0.136. The van der Waals surface area contributed by atoms with E-state index in [0.29, 0.717) is 12.4 Å². The van der Waals surface area contributed by atoms with Crippen LogP contribution in [0.2, 0.25) is 0 Å². The number of hydrogen-bond donors (Lipinski definition) is 1. The maximum Gasteiger partial charge on any atom is 0.292 e. The van der Waals surface area contributed by atoms with Gasteiger partial charge in [-0.25, -0.2) is 9.67 Å². The van der Waals surface area contributed by atoms with Crippen molar-refractivity contribution in [3.63, 3.8) is 0 Å². The minimum Gasteiger partial charge on any atom is -0.387 e. The van der Waals surface area contributed by atoms with Crippen LogP contribution in [-0.4, -0.2) is 43.6 Å². The van der Waals surface area contributed by atoms with Crippen LogP contribution in [-0.2, 0) is 7.05 Å². The van der Waals surface area contributed by atoms with Gasteiger partial charge in [0.2, 0.25) is 5.82 Å². The van der Waals surface area contributed by atoms with Gasteiger partial charge in [-0.1, -0.05) is 29.8 Å². The zero-order valence-corrected chi connectivity index (χ0v) is 16.4. The molecule has 1 N–H and O–H groups in total. The fraction of sp³-hybridized carbons (Fsp3) is 0.333. The fourth-order valence-corrected chi connectivity index (χ4v) is 3.76. The smallest absolute Gasteiger partial charge is 0.292 e. The maximum absolute atomic E-state index is 13.3. The average Bonchev–Trinajstić information content (AvgIpc) is 3.14. The molecular weight excluding hydrogens is 352 g/mol. The molecule has 28 heavy (non-hydrogen) atoms. The van der Waals surface area contributed by atoms with Crippen molar-refractivity contribution in [3.8, 4) is 0 Å². The zero-order chi connectivity index (χ0) is 19.7. The van der Waals surface area contributed by atoms with E-state index in [1.807, 2.05) is 35.2 Å². The second-order valence-corrected chi connectivity index (χ2v) is 7.01. The molecule has 7 heteroatoms. The van der Waals surface area contributed by atoms with Gasteiger partial charge in [-0.05, 0) is 32.4 Å². The SMILES string of the molecule is CCNC1=C(C)CCN(C(=O)c2ncnn2C)[C@H]1c1ccc2ccccc2n1. The Morgan fingerprint density at radius 3 is 2.82 bits per heavy atom. The monoisotopic (exact) mass is 376 g/mol. The van der Waals surface area contributed by atoms with Gasteiger partial charge in [-0.3, -0.25) is 9.78 Å². The molecule has 1 aromatic carbocycles. The Morgan fingerprint density at radius 1 is 1.25 bits per heavy atom. The van der Waals surface area contributed by atoms with Crippen LogP contribution in [0.3, 0.4) is 0 Å². The van der Waals surface area contributed by atoms with Gasteiger partial charge in [-0.2, -0.15) is 5.10 Å². The van der Waals surface area contributed by atoms with E-state index in [0.717, 1.165) is 35.3 Å². The molecule has 0 unspecified atom stereocenters. The Bertz CT molecular complexity index is 1050. The lowest BCUT2D eigenvalue weighted by atomic mass is 9.95. The molecule has 1 aliphatic rings. The first-order valence-corrected chi connectivity index (χ1v) is 9.54. The van der Waals surface area contributed by atoms with E-state index < -0.39 is 0 Å². The first-order valence-electron chi connectivity index (χ1n) is 9.54. The topological polar surface area (TPSA) is 75.9 Å². The van der Waals surface area contributed by atoms with E-state index in [1.54, 1.807) is 7.05 Å². The number of carbonyl (C=O) groups excluding carboxylic acids is 1. The highest BCUT2D eigenvalue weighted by Gasteiger charge is 2.35. The summed E-state index contributed by atoms with van der Waals surface area (Å²) in [5, 5.41) is 8.62. The minimum atomic E-state index is -0.275. The lowest BCUT2D eigenvalue weighted by Crippen LogP contribution is -2.44. The number of pyridine rings is 1. The number of fused-ring (bicyclic) bond motifs is 1. The van der Waals surface area contributed by atoms with Crippen LogP contribution in [0.1, 0.15) is 42.6 Å². The van der Waals surface area contributed by atoms with E-state index in [1.165, 1.54) is 16.6 Å². The van der Waals surface area contributed by atoms with E-state index >= 15 is 0 Å². The van der Waals surface area contributed by atoms with Crippen LogP contribution >= 0.6 is 0 Å². The Kier molecular flexibility index (Phi) is 4.81. The number of aromatic nitrogens is 4. The van der Waals surface area contributed by atoms with Crippen molar-refractivity contribution < 1.29 is 4.79 Å². The van der Waals surface area contributed by atoms with Gasteiger partial charge in [0.1, 0.15) is 12.4 Å². The third kappa shape index (κ3) is 3.13. The Hall–Kier alpha value is -3.22. The zero-order valence-electron chi connectivity index (χ0n) is 16.4. The highest BCUT2D eigenvalue weighted by atomic mass is 16.2. The molecule has 144 valence electrons. The second kappa shape index (κ2) is 7.42. The van der Waals surface area contributed by atoms with Gasteiger partial charge in [0.15, 0.2) is 0 Å². The molecule has 0 fully saturated rings. The van der Waals surface area contributed by atoms with Gasteiger partial charge in [0.25, 0.3) is 5.91 Å². The molecule has 2 aromatic heterocycles. The van der Waals surface area contributed by atoms with Gasteiger partial charge >= 0.3 is 0 Å². The lowest BCUT2D eigenvalue weighted by molar-refractivity contribution is 0.0664. The summed E-state index contributed by atoms with van der Waals surface area (Å²) >= 11 is 0. The van der Waals surface area contributed by atoms with Crippen molar-refractivity contribution in [2.75, 3.05) is 13.1 Å². The number of likely N-dealkylation sites (N-methyl/N-ethyl adjacent to an activating group) is 1. The molecule has 0 aliphatic carbocycles. The molecule has 0 saturated carbocycles. The third-order valence-electron chi connectivity index (χ3n) is 5.20. The van der Waals surface area contributed by atoms with Crippen molar-refractivity contribution in [3.05, 3.63) is 65.5 Å². The number of aryl methyl sites for hydroxylation is 1. The van der Waals surface area contributed by atoms with Gasteiger partial charge in [0, 0.05) is 31.2 Å². The molecule has 0 radical (unpaired) electrons. The van der Waals surface area contributed by atoms with Crippen LogP contribution in [0.15, 0.2) is 54.0 Å². The van der Waals surface area contributed by atoms with Crippen LogP contribution in [0.4, 0.5) is 0 Å². The lowest BCUT2D eigenvalue weighted by Gasteiger charge is -2.38. The van der Waals surface area contributed by atoms with Crippen molar-refractivity contribution in [1.29, 1.82) is 0 Å². The van der Waals surface area contributed by atoms with Crippen LogP contribution < -0.4 is 5.32 Å². The first kappa shape index (κ1) is 18.2. The van der Waals surface area contributed by atoms with Crippen molar-refractivity contribution in [2.45, 2.75) is 26.3 Å².